The summed E-state index contributed by atoms with van der Waals surface area (Å²) in [7, 11) is 1.97. The van der Waals surface area contributed by atoms with Crippen LogP contribution >= 0.6 is 11.8 Å². The molecule has 0 bridgehead atoms. The number of thioether (sulfide) groups is 1. The molecule has 1 aromatic heterocycles. The van der Waals surface area contributed by atoms with E-state index in [2.05, 4.69) is 73.2 Å². The topological polar surface area (TPSA) is 52.8 Å². The van der Waals surface area contributed by atoms with Gasteiger partial charge in [0.2, 0.25) is 0 Å². The molecular formula is C24H26N4S. The lowest BCUT2D eigenvalue weighted by Crippen LogP contribution is -2.20. The van der Waals surface area contributed by atoms with E-state index >= 15 is 0 Å². The number of nitriles is 1. The highest BCUT2D eigenvalue weighted by atomic mass is 32.2. The fourth-order valence-electron chi connectivity index (χ4n) is 3.17. The molecule has 0 unspecified atom stereocenters. The molecule has 0 fully saturated rings. The van der Waals surface area contributed by atoms with Gasteiger partial charge in [-0.1, -0.05) is 87.1 Å². The van der Waals surface area contributed by atoms with Crippen molar-refractivity contribution in [1.29, 1.82) is 5.26 Å². The third-order valence-electron chi connectivity index (χ3n) is 4.81. The van der Waals surface area contributed by atoms with E-state index in [0.717, 1.165) is 5.56 Å². The summed E-state index contributed by atoms with van der Waals surface area (Å²) in [5, 5.41) is 10.6. The highest BCUT2D eigenvalue weighted by Crippen LogP contribution is 2.32. The first-order chi connectivity index (χ1) is 13.8. The quantitative estimate of drug-likeness (QED) is 0.406. The Bertz CT molecular complexity index is 1020. The molecule has 0 aliphatic rings. The van der Waals surface area contributed by atoms with Crippen molar-refractivity contribution in [2.75, 3.05) is 18.2 Å². The normalized spacial score (nSPS) is 11.2. The average Bonchev–Trinajstić information content (AvgIpc) is 2.72. The van der Waals surface area contributed by atoms with E-state index < -0.39 is 0 Å². The summed E-state index contributed by atoms with van der Waals surface area (Å²) < 4.78 is 0. The Labute approximate surface area is 177 Å². The van der Waals surface area contributed by atoms with E-state index in [4.69, 9.17) is 0 Å². The lowest BCUT2D eigenvalue weighted by Gasteiger charge is -2.22. The average molecular weight is 403 g/mol. The summed E-state index contributed by atoms with van der Waals surface area (Å²) in [5.41, 5.74) is 4.61. The van der Waals surface area contributed by atoms with Crippen molar-refractivity contribution in [1.82, 2.24) is 9.97 Å². The second kappa shape index (κ2) is 8.67. The maximum Gasteiger partial charge on any atom is 0.189 e. The van der Waals surface area contributed by atoms with Gasteiger partial charge < -0.3 is 4.90 Å². The Morgan fingerprint density at radius 1 is 1.00 bits per heavy atom. The number of benzene rings is 2. The molecule has 0 spiro atoms. The Morgan fingerprint density at radius 2 is 1.66 bits per heavy atom. The third kappa shape index (κ3) is 4.78. The first kappa shape index (κ1) is 20.9. The van der Waals surface area contributed by atoms with Gasteiger partial charge in [0, 0.05) is 19.2 Å². The summed E-state index contributed by atoms with van der Waals surface area (Å²) >= 11 is 1.48. The molecule has 0 saturated carbocycles. The summed E-state index contributed by atoms with van der Waals surface area (Å²) in [6.07, 6.45) is 1.95. The van der Waals surface area contributed by atoms with E-state index in [1.54, 1.807) is 0 Å². The molecular weight excluding hydrogens is 376 g/mol. The second-order valence-corrected chi connectivity index (χ2v) is 8.81. The SMILES string of the molecule is CSc1nc(-c2ccc(C(C)(C)C)cc2)c(C#N)c(N(C)Cc2ccccc2)n1. The number of aromatic nitrogens is 2. The monoisotopic (exact) mass is 402 g/mol. The van der Waals surface area contributed by atoms with E-state index in [9.17, 15) is 5.26 Å². The van der Waals surface area contributed by atoms with Crippen molar-refractivity contribution in [3.05, 3.63) is 71.3 Å². The molecule has 0 aliphatic heterocycles. The van der Waals surface area contributed by atoms with Crippen LogP contribution in [0.5, 0.6) is 0 Å². The fourth-order valence-corrected chi connectivity index (χ4v) is 3.53. The summed E-state index contributed by atoms with van der Waals surface area (Å²) in [5.74, 6) is 0.658. The van der Waals surface area contributed by atoms with Gasteiger partial charge in [0.1, 0.15) is 11.6 Å². The fraction of sp³-hybridized carbons (Fsp3) is 0.292. The lowest BCUT2D eigenvalue weighted by molar-refractivity contribution is 0.590. The molecule has 4 nitrogen and oxygen atoms in total. The molecule has 0 amide bonds. The van der Waals surface area contributed by atoms with Crippen LogP contribution in [0.4, 0.5) is 5.82 Å². The first-order valence-corrected chi connectivity index (χ1v) is 10.8. The minimum absolute atomic E-state index is 0.0771. The Kier molecular flexibility index (Phi) is 6.24. The van der Waals surface area contributed by atoms with Crippen LogP contribution in [0.1, 0.15) is 37.5 Å². The van der Waals surface area contributed by atoms with Crippen LogP contribution in [0.15, 0.2) is 59.8 Å². The summed E-state index contributed by atoms with van der Waals surface area (Å²) in [6, 6.07) is 20.9. The smallest absolute Gasteiger partial charge is 0.189 e. The van der Waals surface area contributed by atoms with Crippen molar-refractivity contribution < 1.29 is 0 Å². The van der Waals surface area contributed by atoms with Gasteiger partial charge in [0.05, 0.1) is 5.69 Å². The van der Waals surface area contributed by atoms with Gasteiger partial charge in [0.25, 0.3) is 0 Å². The molecule has 3 aromatic rings. The predicted octanol–water partition coefficient (Wildman–Crippen LogP) is 5.67. The second-order valence-electron chi connectivity index (χ2n) is 8.04. The van der Waals surface area contributed by atoms with E-state index in [0.29, 0.717) is 28.8 Å². The molecule has 148 valence electrons. The number of rotatable bonds is 5. The molecule has 29 heavy (non-hydrogen) atoms. The number of nitrogens with zero attached hydrogens (tertiary/aromatic N) is 4. The molecule has 0 aliphatic carbocycles. The van der Waals surface area contributed by atoms with Crippen LogP contribution in [0, 0.1) is 11.3 Å². The minimum atomic E-state index is 0.0771. The Balaban J connectivity index is 2.06. The van der Waals surface area contributed by atoms with Gasteiger partial charge >= 0.3 is 0 Å². The van der Waals surface area contributed by atoms with Crippen LogP contribution in [-0.4, -0.2) is 23.3 Å². The maximum absolute atomic E-state index is 9.96. The molecule has 5 heteroatoms. The van der Waals surface area contributed by atoms with Crippen LogP contribution < -0.4 is 4.90 Å². The molecule has 0 radical (unpaired) electrons. The van der Waals surface area contributed by atoms with Crippen molar-refractivity contribution in [3.63, 3.8) is 0 Å². The van der Waals surface area contributed by atoms with Gasteiger partial charge in [-0.05, 0) is 22.8 Å². The zero-order chi connectivity index (χ0) is 21.0. The molecule has 0 saturated heterocycles. The number of hydrogen-bond donors (Lipinski definition) is 0. The van der Waals surface area contributed by atoms with Crippen LogP contribution in [0.2, 0.25) is 0 Å². The van der Waals surface area contributed by atoms with Gasteiger partial charge in [-0.25, -0.2) is 9.97 Å². The largest absolute Gasteiger partial charge is 0.354 e. The molecule has 0 atom stereocenters. The van der Waals surface area contributed by atoms with Crippen molar-refractivity contribution >= 4 is 17.6 Å². The minimum Gasteiger partial charge on any atom is -0.354 e. The highest BCUT2D eigenvalue weighted by Gasteiger charge is 2.20. The molecule has 3 rings (SSSR count). The van der Waals surface area contributed by atoms with Crippen molar-refractivity contribution in [2.45, 2.75) is 37.9 Å². The van der Waals surface area contributed by atoms with Gasteiger partial charge in [-0.2, -0.15) is 5.26 Å². The summed E-state index contributed by atoms with van der Waals surface area (Å²) in [6.45, 7) is 7.24. The molecule has 1 heterocycles. The zero-order valence-corrected chi connectivity index (χ0v) is 18.4. The summed E-state index contributed by atoms with van der Waals surface area (Å²) in [4.78, 5) is 11.3. The number of hydrogen-bond acceptors (Lipinski definition) is 5. The molecule has 2 aromatic carbocycles. The predicted molar refractivity (Wildman–Crippen MR) is 121 cm³/mol. The lowest BCUT2D eigenvalue weighted by atomic mass is 9.86. The van der Waals surface area contributed by atoms with E-state index in [1.165, 1.54) is 22.9 Å². The highest BCUT2D eigenvalue weighted by molar-refractivity contribution is 7.98. The molecule has 0 N–H and O–H groups in total. The van der Waals surface area contributed by atoms with Crippen LogP contribution in [0.3, 0.4) is 0 Å². The Morgan fingerprint density at radius 3 is 2.21 bits per heavy atom. The maximum atomic E-state index is 9.96. The standard InChI is InChI=1S/C24H26N4S/c1-24(2,3)19-13-11-18(12-14-19)21-20(15-25)22(27-23(26-21)29-5)28(4)16-17-9-7-6-8-10-17/h6-14H,16H2,1-5H3. The first-order valence-electron chi connectivity index (χ1n) is 9.55. The van der Waals surface area contributed by atoms with Gasteiger partial charge in [0.15, 0.2) is 11.0 Å². The zero-order valence-electron chi connectivity index (χ0n) is 17.6. The number of anilines is 1. The Hall–Kier alpha value is -2.84. The van der Waals surface area contributed by atoms with Crippen LogP contribution in [0.25, 0.3) is 11.3 Å². The van der Waals surface area contributed by atoms with Crippen molar-refractivity contribution in [3.8, 4) is 17.3 Å². The van der Waals surface area contributed by atoms with Crippen LogP contribution in [-0.2, 0) is 12.0 Å². The van der Waals surface area contributed by atoms with Gasteiger partial charge in [-0.3, -0.25) is 0 Å². The third-order valence-corrected chi connectivity index (χ3v) is 5.36. The van der Waals surface area contributed by atoms with E-state index in [1.807, 2.05) is 36.4 Å². The van der Waals surface area contributed by atoms with Gasteiger partial charge in [-0.15, -0.1) is 0 Å². The van der Waals surface area contributed by atoms with E-state index in [-0.39, 0.29) is 5.41 Å². The van der Waals surface area contributed by atoms with Crippen molar-refractivity contribution in [2.24, 2.45) is 0 Å².